The molecule has 1 aliphatic rings. The van der Waals surface area contributed by atoms with Crippen LogP contribution in [0.1, 0.15) is 12.0 Å². The van der Waals surface area contributed by atoms with Crippen molar-refractivity contribution in [3.05, 3.63) is 29.8 Å². The molecule has 1 heterocycles. The van der Waals surface area contributed by atoms with E-state index in [1.54, 1.807) is 7.11 Å². The Labute approximate surface area is 119 Å². The van der Waals surface area contributed by atoms with E-state index < -0.39 is 0 Å². The van der Waals surface area contributed by atoms with E-state index in [-0.39, 0.29) is 11.9 Å². The third-order valence-corrected chi connectivity index (χ3v) is 3.36. The van der Waals surface area contributed by atoms with E-state index in [9.17, 15) is 4.79 Å². The number of fused-ring (bicyclic) bond motifs is 1. The van der Waals surface area contributed by atoms with E-state index in [1.165, 1.54) is 5.56 Å². The van der Waals surface area contributed by atoms with Crippen LogP contribution in [0.5, 0.6) is 0 Å². The highest BCUT2D eigenvalue weighted by Crippen LogP contribution is 2.21. The molecule has 0 spiro atoms. The molecule has 5 nitrogen and oxygen atoms in total. The first-order valence-electron chi connectivity index (χ1n) is 7.00. The van der Waals surface area contributed by atoms with Gasteiger partial charge in [-0.15, -0.1) is 0 Å². The van der Waals surface area contributed by atoms with Crippen LogP contribution < -0.4 is 10.6 Å². The smallest absolute Gasteiger partial charge is 0.241 e. The molecule has 110 valence electrons. The fourth-order valence-electron chi connectivity index (χ4n) is 2.26. The molecule has 0 saturated heterocycles. The predicted molar refractivity (Wildman–Crippen MR) is 77.9 cm³/mol. The molecule has 1 amide bonds. The molecule has 1 aromatic carbocycles. The summed E-state index contributed by atoms with van der Waals surface area (Å²) in [7, 11) is 1.65. The van der Waals surface area contributed by atoms with Crippen LogP contribution in [0.4, 0.5) is 5.69 Å². The summed E-state index contributed by atoms with van der Waals surface area (Å²) < 4.78 is 10.3. The summed E-state index contributed by atoms with van der Waals surface area (Å²) in [5.41, 5.74) is 2.12. The zero-order valence-corrected chi connectivity index (χ0v) is 11.9. The van der Waals surface area contributed by atoms with Crippen LogP contribution in [0.3, 0.4) is 0 Å². The molecule has 0 bridgehead atoms. The van der Waals surface area contributed by atoms with Crippen LogP contribution in [0.15, 0.2) is 24.3 Å². The quantitative estimate of drug-likeness (QED) is 0.736. The number of anilines is 1. The molecule has 5 heteroatoms. The lowest BCUT2D eigenvalue weighted by atomic mass is 10.1. The first-order valence-corrected chi connectivity index (χ1v) is 7.00. The first kappa shape index (κ1) is 15.0. The fraction of sp³-hybridized carbons (Fsp3) is 0.533. The molecular formula is C15H22N2O3. The number of hydrogen-bond donors (Lipinski definition) is 2. The average Bonchev–Trinajstić information content (AvgIpc) is 2.62. The van der Waals surface area contributed by atoms with Gasteiger partial charge in [0.25, 0.3) is 0 Å². The Hall–Kier alpha value is -1.43. The maximum Gasteiger partial charge on any atom is 0.241 e. The van der Waals surface area contributed by atoms with Crippen molar-refractivity contribution in [3.8, 4) is 0 Å². The number of carbonyl (C=O) groups excluding carboxylic acids is 1. The van der Waals surface area contributed by atoms with Crippen molar-refractivity contribution >= 4 is 11.6 Å². The molecule has 0 fully saturated rings. The summed E-state index contributed by atoms with van der Waals surface area (Å²) in [4.78, 5) is 12.1. The molecule has 0 aromatic heterocycles. The Kier molecular flexibility index (Phi) is 5.98. The number of para-hydroxylation sites is 1. The van der Waals surface area contributed by atoms with Gasteiger partial charge in [-0.3, -0.25) is 4.79 Å². The lowest BCUT2D eigenvalue weighted by Crippen LogP contribution is -2.41. The van der Waals surface area contributed by atoms with Crippen LogP contribution >= 0.6 is 0 Å². The van der Waals surface area contributed by atoms with E-state index in [1.807, 2.05) is 18.2 Å². The van der Waals surface area contributed by atoms with Crippen LogP contribution in [-0.2, 0) is 20.7 Å². The minimum atomic E-state index is -0.159. The summed E-state index contributed by atoms with van der Waals surface area (Å²) in [6.07, 6.45) is 1.71. The minimum absolute atomic E-state index is 0.0341. The zero-order valence-electron chi connectivity index (χ0n) is 11.9. The summed E-state index contributed by atoms with van der Waals surface area (Å²) in [6, 6.07) is 7.79. The minimum Gasteiger partial charge on any atom is -0.382 e. The second kappa shape index (κ2) is 7.99. The highest BCUT2D eigenvalue weighted by molar-refractivity contribution is 5.96. The molecule has 2 rings (SSSR count). The number of carbonyl (C=O) groups is 1. The Balaban J connectivity index is 1.76. The largest absolute Gasteiger partial charge is 0.382 e. The van der Waals surface area contributed by atoms with Gasteiger partial charge in [-0.25, -0.2) is 0 Å². The van der Waals surface area contributed by atoms with Crippen molar-refractivity contribution in [2.24, 2.45) is 0 Å². The van der Waals surface area contributed by atoms with E-state index >= 15 is 0 Å². The standard InChI is InChI=1S/C15H22N2O3/c1-19-10-11-20-9-8-16-14-7-6-12-4-2-3-5-13(12)17-15(14)18/h2-5,14,16H,6-11H2,1H3,(H,17,18). The van der Waals surface area contributed by atoms with Gasteiger partial charge in [-0.2, -0.15) is 0 Å². The van der Waals surface area contributed by atoms with Crippen LogP contribution in [0.2, 0.25) is 0 Å². The van der Waals surface area contributed by atoms with Crippen molar-refractivity contribution < 1.29 is 14.3 Å². The highest BCUT2D eigenvalue weighted by Gasteiger charge is 2.22. The van der Waals surface area contributed by atoms with Gasteiger partial charge in [-0.05, 0) is 24.5 Å². The Morgan fingerprint density at radius 3 is 3.00 bits per heavy atom. The van der Waals surface area contributed by atoms with Crippen LogP contribution in [0, 0.1) is 0 Å². The Bertz CT molecular complexity index is 437. The maximum absolute atomic E-state index is 12.1. The highest BCUT2D eigenvalue weighted by atomic mass is 16.5. The molecule has 0 aliphatic carbocycles. The summed E-state index contributed by atoms with van der Waals surface area (Å²) in [5, 5.41) is 6.22. The Morgan fingerprint density at radius 1 is 1.30 bits per heavy atom. The van der Waals surface area contributed by atoms with E-state index in [0.29, 0.717) is 26.4 Å². The monoisotopic (exact) mass is 278 g/mol. The summed E-state index contributed by atoms with van der Waals surface area (Å²) >= 11 is 0. The maximum atomic E-state index is 12.1. The summed E-state index contributed by atoms with van der Waals surface area (Å²) in [6.45, 7) is 2.43. The predicted octanol–water partition coefficient (Wildman–Crippen LogP) is 1.19. The lowest BCUT2D eigenvalue weighted by Gasteiger charge is -2.15. The Morgan fingerprint density at radius 2 is 2.15 bits per heavy atom. The van der Waals surface area contributed by atoms with Crippen molar-refractivity contribution in [2.75, 3.05) is 38.8 Å². The molecule has 20 heavy (non-hydrogen) atoms. The molecule has 1 aliphatic heterocycles. The third kappa shape index (κ3) is 4.30. The number of nitrogens with one attached hydrogen (secondary N) is 2. The number of amides is 1. The number of aryl methyl sites for hydroxylation is 1. The van der Waals surface area contributed by atoms with Gasteiger partial charge in [0.1, 0.15) is 0 Å². The molecular weight excluding hydrogens is 256 g/mol. The van der Waals surface area contributed by atoms with E-state index in [0.717, 1.165) is 18.5 Å². The van der Waals surface area contributed by atoms with Gasteiger partial charge in [0.2, 0.25) is 5.91 Å². The number of benzene rings is 1. The zero-order chi connectivity index (χ0) is 14.2. The van der Waals surface area contributed by atoms with Gasteiger partial charge >= 0.3 is 0 Å². The average molecular weight is 278 g/mol. The van der Waals surface area contributed by atoms with Gasteiger partial charge in [0.05, 0.1) is 25.9 Å². The molecule has 2 N–H and O–H groups in total. The van der Waals surface area contributed by atoms with Gasteiger partial charge in [-0.1, -0.05) is 18.2 Å². The van der Waals surface area contributed by atoms with Crippen molar-refractivity contribution in [3.63, 3.8) is 0 Å². The van der Waals surface area contributed by atoms with Gasteiger partial charge in [0, 0.05) is 19.3 Å². The first-order chi connectivity index (χ1) is 9.81. The third-order valence-electron chi connectivity index (χ3n) is 3.36. The lowest BCUT2D eigenvalue weighted by molar-refractivity contribution is -0.118. The molecule has 1 aromatic rings. The van der Waals surface area contributed by atoms with Gasteiger partial charge in [0.15, 0.2) is 0 Å². The second-order valence-electron chi connectivity index (χ2n) is 4.80. The second-order valence-corrected chi connectivity index (χ2v) is 4.80. The van der Waals surface area contributed by atoms with Crippen molar-refractivity contribution in [1.82, 2.24) is 5.32 Å². The SMILES string of the molecule is COCCOCCNC1CCc2ccccc2NC1=O. The van der Waals surface area contributed by atoms with E-state index in [2.05, 4.69) is 16.7 Å². The molecule has 1 atom stereocenters. The molecule has 0 radical (unpaired) electrons. The van der Waals surface area contributed by atoms with Crippen LogP contribution in [-0.4, -0.2) is 45.4 Å². The topological polar surface area (TPSA) is 59.6 Å². The van der Waals surface area contributed by atoms with Crippen molar-refractivity contribution in [2.45, 2.75) is 18.9 Å². The van der Waals surface area contributed by atoms with Gasteiger partial charge < -0.3 is 20.1 Å². The number of methoxy groups -OCH3 is 1. The number of hydrogen-bond acceptors (Lipinski definition) is 4. The normalized spacial score (nSPS) is 18.2. The number of rotatable bonds is 7. The van der Waals surface area contributed by atoms with Crippen LogP contribution in [0.25, 0.3) is 0 Å². The molecule has 1 unspecified atom stereocenters. The summed E-state index contributed by atoms with van der Waals surface area (Å²) in [5.74, 6) is 0.0341. The fourth-order valence-corrected chi connectivity index (χ4v) is 2.26. The van der Waals surface area contributed by atoms with Crippen molar-refractivity contribution in [1.29, 1.82) is 0 Å². The number of ether oxygens (including phenoxy) is 2. The molecule has 0 saturated carbocycles. The van der Waals surface area contributed by atoms with E-state index in [4.69, 9.17) is 9.47 Å².